The topological polar surface area (TPSA) is 228 Å². The Morgan fingerprint density at radius 2 is 1.02 bits per heavy atom. The molecule has 0 radical (unpaired) electrons. The van der Waals surface area contributed by atoms with Gasteiger partial charge in [-0.05, 0) is 32.1 Å². The number of hydrogen-bond donors (Lipinski definition) is 9. The summed E-state index contributed by atoms with van der Waals surface area (Å²) in [4.78, 5) is 13.1. The maximum absolute atomic E-state index is 13.1. The van der Waals surface area contributed by atoms with Crippen molar-refractivity contribution in [3.05, 3.63) is 24.3 Å². The highest BCUT2D eigenvalue weighted by atomic mass is 16.7. The van der Waals surface area contributed by atoms with Crippen LogP contribution in [0.1, 0.15) is 187 Å². The SMILES string of the molecule is CCCCCCCCC/C=C/CC/C=C/C(O)C(COC1OC(CO)C(OC2OC(CO)C(O)C(O)C2O)C(O)C1O)NC(=O)CCCCCCCCCCCCCCCCCC. The van der Waals surface area contributed by atoms with E-state index in [0.717, 1.165) is 32.1 Å². The molecule has 2 aliphatic heterocycles. The molecule has 14 heteroatoms. The Kier molecular flexibility index (Phi) is 33.4. The zero-order valence-corrected chi connectivity index (χ0v) is 39.1. The predicted octanol–water partition coefficient (Wildman–Crippen LogP) is 6.16. The molecule has 2 aliphatic rings. The Bertz CT molecular complexity index is 1160. The van der Waals surface area contributed by atoms with E-state index in [9.17, 15) is 45.6 Å². The number of carbonyl (C=O) groups excluding carboxylic acids is 1. The highest BCUT2D eigenvalue weighted by Crippen LogP contribution is 2.30. The van der Waals surface area contributed by atoms with Gasteiger partial charge < -0.3 is 65.1 Å². The molecule has 14 nitrogen and oxygen atoms in total. The molecule has 370 valence electrons. The second kappa shape index (κ2) is 36.6. The van der Waals surface area contributed by atoms with Crippen LogP contribution in [0.2, 0.25) is 0 Å². The average Bonchev–Trinajstić information content (AvgIpc) is 3.28. The number of carbonyl (C=O) groups is 1. The standard InChI is InChI=1S/C49H91NO13/c1-3-5-7-9-11-13-15-17-18-19-21-23-25-27-29-31-33-41(54)50-37(38(53)32-30-28-26-24-22-20-16-14-12-10-8-6-4-2)36-60-48-46(59)44(57)47(40(35-52)62-48)63-49-45(58)43(56)42(55)39(34-51)61-49/h22,24,30,32,37-40,42-49,51-53,55-59H,3-21,23,25-29,31,33-36H2,1-2H3,(H,50,54)/b24-22+,32-30+. The molecule has 2 saturated heterocycles. The largest absolute Gasteiger partial charge is 0.394 e. The van der Waals surface area contributed by atoms with Gasteiger partial charge in [0, 0.05) is 6.42 Å². The van der Waals surface area contributed by atoms with Crippen molar-refractivity contribution in [2.24, 2.45) is 0 Å². The first-order valence-electron chi connectivity index (χ1n) is 25.1. The van der Waals surface area contributed by atoms with Gasteiger partial charge in [-0.1, -0.05) is 173 Å². The molecule has 63 heavy (non-hydrogen) atoms. The molecule has 12 atom stereocenters. The Morgan fingerprint density at radius 1 is 0.556 bits per heavy atom. The summed E-state index contributed by atoms with van der Waals surface area (Å²) in [6.07, 6.45) is 22.2. The Morgan fingerprint density at radius 3 is 1.56 bits per heavy atom. The summed E-state index contributed by atoms with van der Waals surface area (Å²) in [7, 11) is 0. The molecule has 2 fully saturated rings. The van der Waals surface area contributed by atoms with Crippen molar-refractivity contribution in [1.29, 1.82) is 0 Å². The first kappa shape index (κ1) is 57.6. The van der Waals surface area contributed by atoms with Crippen LogP contribution in [0.4, 0.5) is 0 Å². The Labute approximate surface area is 379 Å². The van der Waals surface area contributed by atoms with E-state index in [1.54, 1.807) is 6.08 Å². The molecular weight excluding hydrogens is 811 g/mol. The average molecular weight is 902 g/mol. The van der Waals surface area contributed by atoms with Crippen molar-refractivity contribution in [3.8, 4) is 0 Å². The second-order valence-corrected chi connectivity index (χ2v) is 17.9. The number of unbranched alkanes of at least 4 members (excludes halogenated alkanes) is 23. The Balaban J connectivity index is 1.87. The molecule has 0 saturated carbocycles. The lowest BCUT2D eigenvalue weighted by Gasteiger charge is -2.46. The summed E-state index contributed by atoms with van der Waals surface area (Å²) < 4.78 is 22.6. The third-order valence-electron chi connectivity index (χ3n) is 12.4. The molecule has 0 aromatic rings. The number of amides is 1. The number of aliphatic hydroxyl groups excluding tert-OH is 8. The number of allylic oxidation sites excluding steroid dienone is 3. The fourth-order valence-electron chi connectivity index (χ4n) is 8.25. The lowest BCUT2D eigenvalue weighted by molar-refractivity contribution is -0.359. The molecule has 0 spiro atoms. The summed E-state index contributed by atoms with van der Waals surface area (Å²) in [6, 6.07) is -0.925. The van der Waals surface area contributed by atoms with Crippen LogP contribution in [0.3, 0.4) is 0 Å². The third kappa shape index (κ3) is 24.2. The van der Waals surface area contributed by atoms with Crippen LogP contribution < -0.4 is 5.32 Å². The van der Waals surface area contributed by atoms with Gasteiger partial charge in [-0.3, -0.25) is 4.79 Å². The maximum atomic E-state index is 13.1. The van der Waals surface area contributed by atoms with Crippen LogP contribution in [0.15, 0.2) is 24.3 Å². The van der Waals surface area contributed by atoms with Crippen LogP contribution >= 0.6 is 0 Å². The van der Waals surface area contributed by atoms with E-state index in [1.165, 1.54) is 122 Å². The number of rotatable bonds is 38. The molecule has 0 bridgehead atoms. The van der Waals surface area contributed by atoms with E-state index in [4.69, 9.17) is 18.9 Å². The van der Waals surface area contributed by atoms with E-state index >= 15 is 0 Å². The van der Waals surface area contributed by atoms with Gasteiger partial charge in [-0.15, -0.1) is 0 Å². The van der Waals surface area contributed by atoms with Crippen molar-refractivity contribution in [2.75, 3.05) is 19.8 Å². The summed E-state index contributed by atoms with van der Waals surface area (Å²) in [5.41, 5.74) is 0. The van der Waals surface area contributed by atoms with E-state index in [1.807, 2.05) is 6.08 Å². The maximum Gasteiger partial charge on any atom is 0.220 e. The second-order valence-electron chi connectivity index (χ2n) is 17.9. The van der Waals surface area contributed by atoms with Gasteiger partial charge in [0.25, 0.3) is 0 Å². The van der Waals surface area contributed by atoms with Crippen LogP contribution in [0.25, 0.3) is 0 Å². The van der Waals surface area contributed by atoms with Crippen molar-refractivity contribution >= 4 is 5.91 Å². The minimum atomic E-state index is -1.79. The van der Waals surface area contributed by atoms with Crippen LogP contribution in [0.5, 0.6) is 0 Å². The van der Waals surface area contributed by atoms with E-state index in [0.29, 0.717) is 12.8 Å². The molecule has 0 aliphatic carbocycles. The van der Waals surface area contributed by atoms with Crippen molar-refractivity contribution in [3.63, 3.8) is 0 Å². The van der Waals surface area contributed by atoms with Crippen molar-refractivity contribution in [1.82, 2.24) is 5.32 Å². The molecule has 0 aromatic heterocycles. The highest BCUT2D eigenvalue weighted by Gasteiger charge is 2.51. The van der Waals surface area contributed by atoms with Crippen LogP contribution in [-0.4, -0.2) is 140 Å². The molecule has 9 N–H and O–H groups in total. The first-order chi connectivity index (χ1) is 30.6. The van der Waals surface area contributed by atoms with E-state index in [2.05, 4.69) is 31.3 Å². The van der Waals surface area contributed by atoms with Gasteiger partial charge >= 0.3 is 0 Å². The number of ether oxygens (including phenoxy) is 4. The highest BCUT2D eigenvalue weighted by molar-refractivity contribution is 5.76. The minimum absolute atomic E-state index is 0.249. The lowest BCUT2D eigenvalue weighted by Crippen LogP contribution is -2.65. The number of hydrogen-bond acceptors (Lipinski definition) is 13. The zero-order chi connectivity index (χ0) is 46.1. The van der Waals surface area contributed by atoms with E-state index in [-0.39, 0.29) is 18.9 Å². The third-order valence-corrected chi connectivity index (χ3v) is 12.4. The molecule has 12 unspecified atom stereocenters. The van der Waals surface area contributed by atoms with Gasteiger partial charge in [0.15, 0.2) is 12.6 Å². The molecular formula is C49H91NO13. The number of aliphatic hydroxyl groups is 8. The van der Waals surface area contributed by atoms with Gasteiger partial charge in [0.1, 0.15) is 48.8 Å². The quantitative estimate of drug-likeness (QED) is 0.0250. The molecule has 0 aromatic carbocycles. The van der Waals surface area contributed by atoms with Crippen molar-refractivity contribution in [2.45, 2.75) is 261 Å². The van der Waals surface area contributed by atoms with Gasteiger partial charge in [-0.25, -0.2) is 0 Å². The molecule has 2 rings (SSSR count). The molecule has 2 heterocycles. The van der Waals surface area contributed by atoms with Gasteiger partial charge in [0.2, 0.25) is 5.91 Å². The fraction of sp³-hybridized carbons (Fsp3) is 0.898. The van der Waals surface area contributed by atoms with Gasteiger partial charge in [0.05, 0.1) is 32.0 Å². The van der Waals surface area contributed by atoms with Crippen LogP contribution in [-0.2, 0) is 23.7 Å². The minimum Gasteiger partial charge on any atom is -0.394 e. The normalized spacial score (nSPS) is 27.7. The fourth-order valence-corrected chi connectivity index (χ4v) is 8.25. The lowest BCUT2D eigenvalue weighted by atomic mass is 9.97. The number of nitrogens with one attached hydrogen (secondary N) is 1. The summed E-state index contributed by atoms with van der Waals surface area (Å²) in [6.45, 7) is 2.75. The summed E-state index contributed by atoms with van der Waals surface area (Å²) >= 11 is 0. The first-order valence-corrected chi connectivity index (χ1v) is 25.1. The summed E-state index contributed by atoms with van der Waals surface area (Å²) in [5.74, 6) is -0.249. The van der Waals surface area contributed by atoms with E-state index < -0.39 is 86.8 Å². The Hall–Kier alpha value is -1.53. The molecule has 1 amide bonds. The predicted molar refractivity (Wildman–Crippen MR) is 245 cm³/mol. The zero-order valence-electron chi connectivity index (χ0n) is 39.1. The van der Waals surface area contributed by atoms with Gasteiger partial charge in [-0.2, -0.15) is 0 Å². The van der Waals surface area contributed by atoms with Crippen LogP contribution in [0, 0.1) is 0 Å². The monoisotopic (exact) mass is 902 g/mol. The smallest absolute Gasteiger partial charge is 0.220 e. The van der Waals surface area contributed by atoms with Crippen molar-refractivity contribution < 1.29 is 64.6 Å². The summed E-state index contributed by atoms with van der Waals surface area (Å²) in [5, 5.41) is 86.6.